The van der Waals surface area contributed by atoms with Crippen LogP contribution in [0.15, 0.2) is 30.5 Å². The molecule has 2 aromatic rings. The van der Waals surface area contributed by atoms with Crippen LogP contribution in [0.2, 0.25) is 5.02 Å². The number of nitrogens with one attached hydrogen (secondary N) is 2. The molecule has 2 amide bonds. The first kappa shape index (κ1) is 21.0. The van der Waals surface area contributed by atoms with Crippen molar-refractivity contribution in [3.8, 4) is 22.8 Å². The molecule has 29 heavy (non-hydrogen) atoms. The van der Waals surface area contributed by atoms with E-state index in [1.807, 2.05) is 31.2 Å². The van der Waals surface area contributed by atoms with E-state index in [0.29, 0.717) is 21.9 Å². The largest absolute Gasteiger partial charge is 0.493 e. The summed E-state index contributed by atoms with van der Waals surface area (Å²) in [6.07, 6.45) is 7.82. The van der Waals surface area contributed by atoms with Gasteiger partial charge in [-0.3, -0.25) is 0 Å². The van der Waals surface area contributed by atoms with E-state index in [0.717, 1.165) is 17.2 Å². The van der Waals surface area contributed by atoms with Crippen LogP contribution in [0.1, 0.15) is 24.6 Å². The molecule has 1 fully saturated rings. The quantitative estimate of drug-likeness (QED) is 0.564. The molecule has 7 nitrogen and oxygen atoms in total. The second kappa shape index (κ2) is 10.1. The van der Waals surface area contributed by atoms with Crippen LogP contribution in [0.5, 0.6) is 16.7 Å². The first-order valence-electron chi connectivity index (χ1n) is 9.19. The van der Waals surface area contributed by atoms with Crippen molar-refractivity contribution in [2.45, 2.75) is 25.8 Å². The fourth-order valence-corrected chi connectivity index (χ4v) is 3.21. The number of halogens is 1. The number of rotatable bonds is 9. The number of nitrogens with zero attached hydrogens (tertiary/aromatic N) is 2. The van der Waals surface area contributed by atoms with Gasteiger partial charge in [0.25, 0.3) is 5.19 Å². The molecular weight excluding hydrogens is 412 g/mol. The van der Waals surface area contributed by atoms with Crippen LogP contribution in [0, 0.1) is 17.2 Å². The summed E-state index contributed by atoms with van der Waals surface area (Å²) >= 11 is 7.65. The number of hydrogen-bond donors (Lipinski definition) is 2. The summed E-state index contributed by atoms with van der Waals surface area (Å²) in [6, 6.07) is 6.60. The Balaban J connectivity index is 1.51. The minimum Gasteiger partial charge on any atom is -0.493 e. The van der Waals surface area contributed by atoms with Gasteiger partial charge in [0.2, 0.25) is 0 Å². The Morgan fingerprint density at radius 2 is 2.34 bits per heavy atom. The molecule has 1 heterocycles. The summed E-state index contributed by atoms with van der Waals surface area (Å²) in [5, 5.41) is 14.5. The molecule has 1 aliphatic rings. The van der Waals surface area contributed by atoms with Crippen molar-refractivity contribution in [1.82, 2.24) is 15.6 Å². The standard InChI is InChI=1S/C20H21ClN4O3S/c1-13(25-19(26)23-9-8-22)2-6-16-11-24-20(29-16)28-18-7-5-15(10-17(18)21)27-12-14-3-4-14/h2,5-7,10-11,13-14H,3-4,9,12H2,1H3,(H2,23,25,26)/b6-2+/t13-/m0/s1. The third-order valence-electron chi connectivity index (χ3n) is 4.02. The number of hydrogen-bond acceptors (Lipinski definition) is 6. The van der Waals surface area contributed by atoms with E-state index < -0.39 is 6.03 Å². The molecule has 0 spiro atoms. The van der Waals surface area contributed by atoms with Gasteiger partial charge in [0.15, 0.2) is 0 Å². The number of thiazole rings is 1. The summed E-state index contributed by atoms with van der Waals surface area (Å²) in [5.41, 5.74) is 0. The first-order valence-corrected chi connectivity index (χ1v) is 10.4. The highest BCUT2D eigenvalue weighted by molar-refractivity contribution is 7.14. The van der Waals surface area contributed by atoms with Crippen molar-refractivity contribution < 1.29 is 14.3 Å². The highest BCUT2D eigenvalue weighted by Crippen LogP contribution is 2.35. The van der Waals surface area contributed by atoms with Gasteiger partial charge < -0.3 is 20.1 Å². The highest BCUT2D eigenvalue weighted by Gasteiger charge is 2.22. The van der Waals surface area contributed by atoms with E-state index in [9.17, 15) is 4.79 Å². The zero-order valence-corrected chi connectivity index (χ0v) is 17.4. The molecule has 1 aromatic carbocycles. The van der Waals surface area contributed by atoms with Crippen LogP contribution >= 0.6 is 22.9 Å². The van der Waals surface area contributed by atoms with E-state index in [1.54, 1.807) is 18.3 Å². The van der Waals surface area contributed by atoms with E-state index >= 15 is 0 Å². The van der Waals surface area contributed by atoms with Crippen molar-refractivity contribution in [2.75, 3.05) is 13.2 Å². The molecule has 152 valence electrons. The molecule has 0 aliphatic heterocycles. The Morgan fingerprint density at radius 1 is 1.52 bits per heavy atom. The fourth-order valence-electron chi connectivity index (χ4n) is 2.31. The number of carbonyl (C=O) groups excluding carboxylic acids is 1. The second-order valence-electron chi connectivity index (χ2n) is 6.61. The summed E-state index contributed by atoms with van der Waals surface area (Å²) < 4.78 is 11.5. The third-order valence-corrected chi connectivity index (χ3v) is 5.16. The minimum atomic E-state index is -0.392. The number of urea groups is 1. The smallest absolute Gasteiger partial charge is 0.316 e. The van der Waals surface area contributed by atoms with Gasteiger partial charge >= 0.3 is 6.03 Å². The number of ether oxygens (including phenoxy) is 2. The van der Waals surface area contributed by atoms with Gasteiger partial charge in [-0.2, -0.15) is 5.26 Å². The predicted octanol–water partition coefficient (Wildman–Crippen LogP) is 4.60. The van der Waals surface area contributed by atoms with Gasteiger partial charge in [-0.25, -0.2) is 9.78 Å². The van der Waals surface area contributed by atoms with Crippen LogP contribution in [0.4, 0.5) is 4.79 Å². The number of aromatic nitrogens is 1. The molecule has 1 aliphatic carbocycles. The van der Waals surface area contributed by atoms with Crippen molar-refractivity contribution in [2.24, 2.45) is 5.92 Å². The summed E-state index contributed by atoms with van der Waals surface area (Å²) in [5.74, 6) is 1.92. The maximum absolute atomic E-state index is 11.5. The Labute approximate surface area is 178 Å². The SMILES string of the molecule is C[C@@H](/C=C/c1cnc(Oc2ccc(OCC3CC3)cc2Cl)s1)NC(=O)NCC#N. The lowest BCUT2D eigenvalue weighted by Gasteiger charge is -2.09. The lowest BCUT2D eigenvalue weighted by molar-refractivity contribution is 0.240. The Bertz CT molecular complexity index is 921. The average Bonchev–Trinajstić information content (AvgIpc) is 3.42. The lowest BCUT2D eigenvalue weighted by Crippen LogP contribution is -2.40. The van der Waals surface area contributed by atoms with E-state index in [4.69, 9.17) is 26.3 Å². The molecule has 3 rings (SSSR count). The Morgan fingerprint density at radius 3 is 3.07 bits per heavy atom. The number of benzene rings is 1. The zero-order chi connectivity index (χ0) is 20.6. The second-order valence-corrected chi connectivity index (χ2v) is 8.04. The molecule has 9 heteroatoms. The van der Waals surface area contributed by atoms with Gasteiger partial charge in [-0.15, -0.1) is 0 Å². The number of amides is 2. The Kier molecular flexibility index (Phi) is 7.33. The van der Waals surface area contributed by atoms with Crippen LogP contribution in [-0.2, 0) is 0 Å². The Hall–Kier alpha value is -2.76. The molecule has 0 saturated heterocycles. The van der Waals surface area contributed by atoms with Crippen molar-refractivity contribution in [3.05, 3.63) is 40.4 Å². The van der Waals surface area contributed by atoms with Crippen LogP contribution in [-0.4, -0.2) is 30.2 Å². The maximum Gasteiger partial charge on any atom is 0.316 e. The molecular formula is C20H21ClN4O3S. The van der Waals surface area contributed by atoms with Gasteiger partial charge in [0.1, 0.15) is 18.0 Å². The topological polar surface area (TPSA) is 96.3 Å². The first-order chi connectivity index (χ1) is 14.0. The summed E-state index contributed by atoms with van der Waals surface area (Å²) in [7, 11) is 0. The molecule has 1 saturated carbocycles. The average molecular weight is 433 g/mol. The molecule has 1 aromatic heterocycles. The van der Waals surface area contributed by atoms with E-state index in [-0.39, 0.29) is 12.6 Å². The van der Waals surface area contributed by atoms with Crippen LogP contribution in [0.3, 0.4) is 0 Å². The number of carbonyl (C=O) groups is 1. The van der Waals surface area contributed by atoms with Crippen LogP contribution < -0.4 is 20.1 Å². The van der Waals surface area contributed by atoms with Crippen LogP contribution in [0.25, 0.3) is 6.08 Å². The van der Waals surface area contributed by atoms with Crippen molar-refractivity contribution in [3.63, 3.8) is 0 Å². The zero-order valence-electron chi connectivity index (χ0n) is 15.9. The summed E-state index contributed by atoms with van der Waals surface area (Å²) in [6.45, 7) is 2.52. The third kappa shape index (κ3) is 6.97. The maximum atomic E-state index is 11.5. The van der Waals surface area contributed by atoms with E-state index in [2.05, 4.69) is 15.6 Å². The lowest BCUT2D eigenvalue weighted by atomic mass is 10.3. The molecule has 2 N–H and O–H groups in total. The number of nitriles is 1. The van der Waals surface area contributed by atoms with Gasteiger partial charge in [-0.1, -0.05) is 29.0 Å². The normalized spacial score (nSPS) is 14.2. The highest BCUT2D eigenvalue weighted by atomic mass is 35.5. The van der Waals surface area contributed by atoms with Crippen molar-refractivity contribution in [1.29, 1.82) is 5.26 Å². The molecule has 0 radical (unpaired) electrons. The van der Waals surface area contributed by atoms with Gasteiger partial charge in [-0.05, 0) is 43.9 Å². The van der Waals surface area contributed by atoms with Gasteiger partial charge in [0, 0.05) is 18.3 Å². The molecule has 1 atom stereocenters. The van der Waals surface area contributed by atoms with Gasteiger partial charge in [0.05, 0.1) is 22.6 Å². The monoisotopic (exact) mass is 432 g/mol. The van der Waals surface area contributed by atoms with E-state index in [1.165, 1.54) is 24.2 Å². The molecule has 0 unspecified atom stereocenters. The minimum absolute atomic E-state index is 0.0337. The fraction of sp³-hybridized carbons (Fsp3) is 0.350. The predicted molar refractivity (Wildman–Crippen MR) is 113 cm³/mol. The van der Waals surface area contributed by atoms with Crippen molar-refractivity contribution >= 4 is 35.0 Å². The molecule has 0 bridgehead atoms. The summed E-state index contributed by atoms with van der Waals surface area (Å²) in [4.78, 5) is 16.6.